The molecule has 1 aliphatic rings. The fourth-order valence-corrected chi connectivity index (χ4v) is 2.54. The highest BCUT2D eigenvalue weighted by Gasteiger charge is 2.41. The predicted molar refractivity (Wildman–Crippen MR) is 85.3 cm³/mol. The van der Waals surface area contributed by atoms with E-state index in [0.29, 0.717) is 5.75 Å². The van der Waals surface area contributed by atoms with Crippen molar-refractivity contribution in [3.8, 4) is 5.75 Å². The highest BCUT2D eigenvalue weighted by atomic mass is 16.5. The van der Waals surface area contributed by atoms with Gasteiger partial charge in [0.05, 0.1) is 7.11 Å². The molecule has 1 atom stereocenters. The van der Waals surface area contributed by atoms with E-state index in [2.05, 4.69) is 5.32 Å². The van der Waals surface area contributed by atoms with Crippen LogP contribution in [-0.2, 0) is 14.4 Å². The van der Waals surface area contributed by atoms with Gasteiger partial charge in [-0.2, -0.15) is 0 Å². The lowest BCUT2D eigenvalue weighted by Crippen LogP contribution is -2.60. The third kappa shape index (κ3) is 3.41. The molecule has 0 aromatic heterocycles. The number of methoxy groups -OCH3 is 1. The zero-order valence-corrected chi connectivity index (χ0v) is 13.6. The van der Waals surface area contributed by atoms with E-state index < -0.39 is 17.9 Å². The molecular formula is C17H20N2O4. The molecule has 1 aliphatic heterocycles. The molecule has 6 nitrogen and oxygen atoms in total. The van der Waals surface area contributed by atoms with Crippen molar-refractivity contribution in [1.82, 2.24) is 10.2 Å². The lowest BCUT2D eigenvalue weighted by molar-refractivity contribution is -0.153. The SMILES string of the molecule is COc1ccc(/C=C2\NC(=O)C(C(C)C)N(C(C)=O)C2=O)cc1. The number of carbonyl (C=O) groups is 3. The van der Waals surface area contributed by atoms with Gasteiger partial charge in [0.15, 0.2) is 0 Å². The van der Waals surface area contributed by atoms with Crippen molar-refractivity contribution >= 4 is 23.8 Å². The number of amides is 3. The van der Waals surface area contributed by atoms with Crippen LogP contribution in [0.2, 0.25) is 0 Å². The Balaban J connectivity index is 2.36. The molecule has 1 fully saturated rings. The van der Waals surface area contributed by atoms with Gasteiger partial charge < -0.3 is 10.1 Å². The number of carbonyl (C=O) groups excluding carboxylic acids is 3. The summed E-state index contributed by atoms with van der Waals surface area (Å²) in [6.45, 7) is 4.88. The monoisotopic (exact) mass is 316 g/mol. The molecule has 1 unspecified atom stereocenters. The van der Waals surface area contributed by atoms with E-state index in [9.17, 15) is 14.4 Å². The van der Waals surface area contributed by atoms with Gasteiger partial charge in [-0.05, 0) is 29.7 Å². The number of nitrogens with zero attached hydrogens (tertiary/aromatic N) is 1. The van der Waals surface area contributed by atoms with Crippen LogP contribution in [0.3, 0.4) is 0 Å². The fourth-order valence-electron chi connectivity index (χ4n) is 2.54. The van der Waals surface area contributed by atoms with Gasteiger partial charge in [-0.3, -0.25) is 19.3 Å². The Hall–Kier alpha value is -2.63. The number of piperazine rings is 1. The molecule has 1 aromatic rings. The molecule has 1 heterocycles. The maximum Gasteiger partial charge on any atom is 0.277 e. The second-order valence-electron chi connectivity index (χ2n) is 5.70. The lowest BCUT2D eigenvalue weighted by Gasteiger charge is -2.35. The summed E-state index contributed by atoms with van der Waals surface area (Å²) in [4.78, 5) is 37.7. The van der Waals surface area contributed by atoms with Crippen LogP contribution >= 0.6 is 0 Å². The minimum absolute atomic E-state index is 0.0901. The minimum atomic E-state index is -0.784. The number of hydrogen-bond donors (Lipinski definition) is 1. The first-order chi connectivity index (χ1) is 10.8. The Morgan fingerprint density at radius 2 is 1.87 bits per heavy atom. The number of rotatable bonds is 3. The van der Waals surface area contributed by atoms with Crippen LogP contribution in [0.1, 0.15) is 26.3 Å². The Labute approximate surface area is 135 Å². The van der Waals surface area contributed by atoms with E-state index in [-0.39, 0.29) is 17.5 Å². The molecule has 122 valence electrons. The number of imide groups is 1. The Morgan fingerprint density at radius 1 is 1.26 bits per heavy atom. The summed E-state index contributed by atoms with van der Waals surface area (Å²) in [6.07, 6.45) is 1.55. The summed E-state index contributed by atoms with van der Waals surface area (Å²) < 4.78 is 5.08. The lowest BCUT2D eigenvalue weighted by atomic mass is 9.98. The van der Waals surface area contributed by atoms with Gasteiger partial charge in [0.25, 0.3) is 5.91 Å². The van der Waals surface area contributed by atoms with Crippen molar-refractivity contribution in [2.45, 2.75) is 26.8 Å². The summed E-state index contributed by atoms with van der Waals surface area (Å²) >= 11 is 0. The normalized spacial score (nSPS) is 20.0. The van der Waals surface area contributed by atoms with Gasteiger partial charge in [-0.15, -0.1) is 0 Å². The van der Waals surface area contributed by atoms with Crippen molar-refractivity contribution < 1.29 is 19.1 Å². The molecule has 2 rings (SSSR count). The number of benzene rings is 1. The van der Waals surface area contributed by atoms with Crippen LogP contribution in [0.5, 0.6) is 5.75 Å². The van der Waals surface area contributed by atoms with Crippen LogP contribution in [0, 0.1) is 5.92 Å². The van der Waals surface area contributed by atoms with Crippen LogP contribution in [0.4, 0.5) is 0 Å². The third-order valence-corrected chi connectivity index (χ3v) is 3.65. The van der Waals surface area contributed by atoms with Gasteiger partial charge in [0.1, 0.15) is 17.5 Å². The topological polar surface area (TPSA) is 75.7 Å². The van der Waals surface area contributed by atoms with Crippen LogP contribution in [-0.4, -0.2) is 35.8 Å². The molecule has 1 N–H and O–H groups in total. The summed E-state index contributed by atoms with van der Waals surface area (Å²) in [5.41, 5.74) is 0.813. The van der Waals surface area contributed by atoms with Gasteiger partial charge >= 0.3 is 0 Å². The number of hydrogen-bond acceptors (Lipinski definition) is 4. The zero-order valence-electron chi connectivity index (χ0n) is 13.6. The predicted octanol–water partition coefficient (Wildman–Crippen LogP) is 1.57. The molecule has 3 amide bonds. The Bertz CT molecular complexity index is 662. The average Bonchev–Trinajstić information content (AvgIpc) is 2.50. The van der Waals surface area contributed by atoms with Crippen molar-refractivity contribution in [2.75, 3.05) is 7.11 Å². The van der Waals surface area contributed by atoms with E-state index in [1.54, 1.807) is 51.3 Å². The molecule has 6 heteroatoms. The van der Waals surface area contributed by atoms with E-state index in [0.717, 1.165) is 10.5 Å². The summed E-state index contributed by atoms with van der Waals surface area (Å²) in [5, 5.41) is 2.61. The highest BCUT2D eigenvalue weighted by molar-refractivity contribution is 6.13. The smallest absolute Gasteiger partial charge is 0.277 e. The summed E-state index contributed by atoms with van der Waals surface area (Å²) in [5.74, 6) is -0.757. The van der Waals surface area contributed by atoms with Crippen LogP contribution in [0.15, 0.2) is 30.0 Å². The van der Waals surface area contributed by atoms with Gasteiger partial charge in [-0.1, -0.05) is 26.0 Å². The van der Waals surface area contributed by atoms with E-state index in [1.807, 2.05) is 0 Å². The maximum atomic E-state index is 12.6. The molecule has 0 aliphatic carbocycles. The van der Waals surface area contributed by atoms with Gasteiger partial charge in [-0.25, -0.2) is 0 Å². The summed E-state index contributed by atoms with van der Waals surface area (Å²) in [6, 6.07) is 6.24. The quantitative estimate of drug-likeness (QED) is 0.859. The standard InChI is InChI=1S/C17H20N2O4/c1-10(2)15-16(21)18-14(17(22)19(15)11(3)20)9-12-5-7-13(23-4)8-6-12/h5-10,15H,1-4H3,(H,18,21)/b14-9-. The van der Waals surface area contributed by atoms with Crippen molar-refractivity contribution in [1.29, 1.82) is 0 Å². The number of ether oxygens (including phenoxy) is 1. The molecule has 23 heavy (non-hydrogen) atoms. The van der Waals surface area contributed by atoms with E-state index >= 15 is 0 Å². The fraction of sp³-hybridized carbons (Fsp3) is 0.353. The molecule has 0 radical (unpaired) electrons. The van der Waals surface area contributed by atoms with Crippen molar-refractivity contribution in [3.63, 3.8) is 0 Å². The number of nitrogens with one attached hydrogen (secondary N) is 1. The second kappa shape index (κ2) is 6.64. The third-order valence-electron chi connectivity index (χ3n) is 3.65. The zero-order chi connectivity index (χ0) is 17.1. The average molecular weight is 316 g/mol. The van der Waals surface area contributed by atoms with E-state index in [4.69, 9.17) is 4.74 Å². The molecule has 1 saturated heterocycles. The largest absolute Gasteiger partial charge is 0.497 e. The maximum absolute atomic E-state index is 12.6. The molecule has 0 bridgehead atoms. The van der Waals surface area contributed by atoms with Crippen molar-refractivity contribution in [2.24, 2.45) is 5.92 Å². The van der Waals surface area contributed by atoms with Crippen molar-refractivity contribution in [3.05, 3.63) is 35.5 Å². The molecular weight excluding hydrogens is 296 g/mol. The first-order valence-electron chi connectivity index (χ1n) is 7.36. The summed E-state index contributed by atoms with van der Waals surface area (Å²) in [7, 11) is 1.56. The van der Waals surface area contributed by atoms with Gasteiger partial charge in [0.2, 0.25) is 11.8 Å². The first kappa shape index (κ1) is 16.7. The molecule has 0 spiro atoms. The Morgan fingerprint density at radius 3 is 2.35 bits per heavy atom. The molecule has 1 aromatic carbocycles. The molecule has 0 saturated carbocycles. The minimum Gasteiger partial charge on any atom is -0.497 e. The van der Waals surface area contributed by atoms with Crippen LogP contribution in [0.25, 0.3) is 6.08 Å². The van der Waals surface area contributed by atoms with Crippen LogP contribution < -0.4 is 10.1 Å². The van der Waals surface area contributed by atoms with E-state index in [1.165, 1.54) is 6.92 Å². The Kier molecular flexibility index (Phi) is 4.83. The first-order valence-corrected chi connectivity index (χ1v) is 7.36. The second-order valence-corrected chi connectivity index (χ2v) is 5.70. The van der Waals surface area contributed by atoms with Gasteiger partial charge in [0, 0.05) is 6.92 Å². The highest BCUT2D eigenvalue weighted by Crippen LogP contribution is 2.21.